The van der Waals surface area contributed by atoms with Gasteiger partial charge in [-0.15, -0.1) is 12.4 Å². The van der Waals surface area contributed by atoms with Crippen LogP contribution in [0.25, 0.3) is 0 Å². The molecule has 0 spiro atoms. The Morgan fingerprint density at radius 1 is 1.17 bits per heavy atom. The Balaban J connectivity index is 0.00000264. The van der Waals surface area contributed by atoms with Crippen molar-refractivity contribution in [1.29, 1.82) is 0 Å². The zero-order chi connectivity index (χ0) is 16.3. The second-order valence-electron chi connectivity index (χ2n) is 6.37. The predicted octanol–water partition coefficient (Wildman–Crippen LogP) is 1.61. The highest BCUT2D eigenvalue weighted by Crippen LogP contribution is 2.25. The number of nitrogens with two attached hydrogens (primary N) is 1. The molecule has 128 valence electrons. The average Bonchev–Trinajstić information content (AvgIpc) is 2.54. The third-order valence-electron chi connectivity index (χ3n) is 4.39. The quantitative estimate of drug-likeness (QED) is 0.909. The largest absolute Gasteiger partial charge is 0.349 e. The highest BCUT2D eigenvalue weighted by Gasteiger charge is 2.37. The van der Waals surface area contributed by atoms with E-state index in [-0.39, 0.29) is 30.1 Å². The van der Waals surface area contributed by atoms with E-state index in [2.05, 4.69) is 0 Å². The van der Waals surface area contributed by atoms with Crippen LogP contribution >= 0.6 is 12.4 Å². The molecule has 2 N–H and O–H groups in total. The van der Waals surface area contributed by atoms with Crippen LogP contribution < -0.4 is 5.73 Å². The van der Waals surface area contributed by atoms with Gasteiger partial charge in [0.15, 0.2) is 0 Å². The summed E-state index contributed by atoms with van der Waals surface area (Å²) in [6, 6.07) is 9.42. The zero-order valence-electron chi connectivity index (χ0n) is 14.0. The van der Waals surface area contributed by atoms with Gasteiger partial charge in [-0.1, -0.05) is 30.3 Å². The first-order valence-corrected chi connectivity index (χ1v) is 7.69. The van der Waals surface area contributed by atoms with Crippen LogP contribution in [-0.4, -0.2) is 48.8 Å². The molecule has 23 heavy (non-hydrogen) atoms. The molecule has 2 amide bonds. The van der Waals surface area contributed by atoms with Crippen LogP contribution in [0.1, 0.15) is 25.3 Å². The van der Waals surface area contributed by atoms with Crippen molar-refractivity contribution < 1.29 is 9.59 Å². The van der Waals surface area contributed by atoms with E-state index in [4.69, 9.17) is 5.73 Å². The normalized spacial score (nSPS) is 17.8. The first kappa shape index (κ1) is 19.5. The summed E-state index contributed by atoms with van der Waals surface area (Å²) < 4.78 is 0. The fraction of sp³-hybridized carbons (Fsp3) is 0.529. The van der Waals surface area contributed by atoms with Gasteiger partial charge in [0.25, 0.3) is 0 Å². The Hall–Kier alpha value is -1.59. The molecule has 1 fully saturated rings. The van der Waals surface area contributed by atoms with Crippen molar-refractivity contribution in [1.82, 2.24) is 9.80 Å². The second kappa shape index (κ2) is 7.79. The first-order chi connectivity index (χ1) is 10.3. The number of carbonyl (C=O) groups is 2. The summed E-state index contributed by atoms with van der Waals surface area (Å²) in [6.45, 7) is 2.92. The molecule has 0 aromatic heterocycles. The van der Waals surface area contributed by atoms with Crippen LogP contribution in [0, 0.1) is 5.92 Å². The van der Waals surface area contributed by atoms with E-state index in [1.807, 2.05) is 30.3 Å². The van der Waals surface area contributed by atoms with Crippen LogP contribution in [0.4, 0.5) is 0 Å². The fourth-order valence-corrected chi connectivity index (χ4v) is 2.93. The van der Waals surface area contributed by atoms with Crippen molar-refractivity contribution in [2.45, 2.75) is 25.3 Å². The lowest BCUT2D eigenvalue weighted by Gasteiger charge is -2.37. The van der Waals surface area contributed by atoms with Crippen molar-refractivity contribution in [3.8, 4) is 0 Å². The summed E-state index contributed by atoms with van der Waals surface area (Å²) in [6.07, 6.45) is 1.40. The molecule has 2 rings (SSSR count). The second-order valence-corrected chi connectivity index (χ2v) is 6.37. The number of piperidine rings is 1. The molecule has 1 aliphatic heterocycles. The minimum absolute atomic E-state index is 0. The summed E-state index contributed by atoms with van der Waals surface area (Å²) in [4.78, 5) is 28.1. The number of nitrogens with zero attached hydrogens (tertiary/aromatic N) is 2. The van der Waals surface area contributed by atoms with E-state index in [0.29, 0.717) is 25.9 Å². The van der Waals surface area contributed by atoms with Crippen molar-refractivity contribution in [2.24, 2.45) is 11.7 Å². The molecule has 1 saturated heterocycles. The molecule has 0 saturated carbocycles. The number of halogens is 1. The lowest BCUT2D eigenvalue weighted by molar-refractivity contribution is -0.142. The molecule has 0 radical (unpaired) electrons. The number of hydrogen-bond acceptors (Lipinski definition) is 3. The van der Waals surface area contributed by atoms with E-state index in [1.165, 1.54) is 0 Å². The van der Waals surface area contributed by atoms with Crippen LogP contribution in [0.3, 0.4) is 0 Å². The van der Waals surface area contributed by atoms with Crippen molar-refractivity contribution in [3.05, 3.63) is 35.9 Å². The SMILES string of the molecule is CN(C)C(=O)C1CCN(C(=O)C(C)(N)c2ccccc2)CC1.Cl. The molecular formula is C17H26ClN3O2. The van der Waals surface area contributed by atoms with E-state index in [1.54, 1.807) is 30.8 Å². The number of benzene rings is 1. The summed E-state index contributed by atoms with van der Waals surface area (Å²) in [5.74, 6) is 0.0833. The van der Waals surface area contributed by atoms with Crippen molar-refractivity contribution in [3.63, 3.8) is 0 Å². The Kier molecular flexibility index (Phi) is 6.59. The van der Waals surface area contributed by atoms with Crippen LogP contribution in [0.5, 0.6) is 0 Å². The van der Waals surface area contributed by atoms with Gasteiger partial charge in [-0.2, -0.15) is 0 Å². The number of carbonyl (C=O) groups excluding carboxylic acids is 2. The van der Waals surface area contributed by atoms with Crippen molar-refractivity contribution >= 4 is 24.2 Å². The van der Waals surface area contributed by atoms with Gasteiger partial charge in [-0.3, -0.25) is 9.59 Å². The maximum atomic E-state index is 12.7. The fourth-order valence-electron chi connectivity index (χ4n) is 2.93. The Morgan fingerprint density at radius 3 is 2.17 bits per heavy atom. The van der Waals surface area contributed by atoms with Gasteiger partial charge in [0.1, 0.15) is 5.54 Å². The number of likely N-dealkylation sites (tertiary alicyclic amines) is 1. The van der Waals surface area contributed by atoms with Crippen molar-refractivity contribution in [2.75, 3.05) is 27.2 Å². The number of hydrogen-bond donors (Lipinski definition) is 1. The topological polar surface area (TPSA) is 66.6 Å². The highest BCUT2D eigenvalue weighted by molar-refractivity contribution is 5.87. The minimum Gasteiger partial charge on any atom is -0.349 e. The molecule has 1 aromatic rings. The monoisotopic (exact) mass is 339 g/mol. The molecule has 5 nitrogen and oxygen atoms in total. The van der Waals surface area contributed by atoms with E-state index in [0.717, 1.165) is 5.56 Å². The molecule has 1 aromatic carbocycles. The Bertz CT molecular complexity index is 538. The van der Waals surface area contributed by atoms with Gasteiger partial charge in [-0.25, -0.2) is 0 Å². The van der Waals surface area contributed by atoms with Gasteiger partial charge in [0, 0.05) is 33.1 Å². The molecular weight excluding hydrogens is 314 g/mol. The van der Waals surface area contributed by atoms with E-state index in [9.17, 15) is 9.59 Å². The maximum Gasteiger partial charge on any atom is 0.246 e. The number of rotatable bonds is 3. The molecule has 0 aliphatic carbocycles. The van der Waals surface area contributed by atoms with E-state index >= 15 is 0 Å². The van der Waals surface area contributed by atoms with Gasteiger partial charge < -0.3 is 15.5 Å². The highest BCUT2D eigenvalue weighted by atomic mass is 35.5. The van der Waals surface area contributed by atoms with E-state index < -0.39 is 5.54 Å². The van der Waals surface area contributed by atoms with Crippen LogP contribution in [0.2, 0.25) is 0 Å². The standard InChI is InChI=1S/C17H25N3O2.ClH/c1-17(18,14-7-5-4-6-8-14)16(22)20-11-9-13(10-12-20)15(21)19(2)3;/h4-8,13H,9-12,18H2,1-3H3;1H. The van der Waals surface area contributed by atoms with Crippen LogP contribution in [0.15, 0.2) is 30.3 Å². The third kappa shape index (κ3) is 4.24. The first-order valence-electron chi connectivity index (χ1n) is 7.69. The molecule has 0 bridgehead atoms. The average molecular weight is 340 g/mol. The smallest absolute Gasteiger partial charge is 0.246 e. The molecule has 1 heterocycles. The third-order valence-corrected chi connectivity index (χ3v) is 4.39. The minimum atomic E-state index is -1.03. The van der Waals surface area contributed by atoms with Gasteiger partial charge in [0.05, 0.1) is 0 Å². The molecule has 6 heteroatoms. The van der Waals surface area contributed by atoms with Gasteiger partial charge >= 0.3 is 0 Å². The molecule has 1 atom stereocenters. The summed E-state index contributed by atoms with van der Waals surface area (Å²) in [5.41, 5.74) is 6.07. The molecule has 1 unspecified atom stereocenters. The summed E-state index contributed by atoms with van der Waals surface area (Å²) in [5, 5.41) is 0. The number of amides is 2. The van der Waals surface area contributed by atoms with Crippen LogP contribution in [-0.2, 0) is 15.1 Å². The zero-order valence-corrected chi connectivity index (χ0v) is 14.8. The van der Waals surface area contributed by atoms with Gasteiger partial charge in [0.2, 0.25) is 11.8 Å². The Morgan fingerprint density at radius 2 is 1.70 bits per heavy atom. The van der Waals surface area contributed by atoms with Gasteiger partial charge in [-0.05, 0) is 25.3 Å². The Labute approximate surface area is 144 Å². The molecule has 1 aliphatic rings. The summed E-state index contributed by atoms with van der Waals surface area (Å²) in [7, 11) is 3.54. The lowest BCUT2D eigenvalue weighted by atomic mass is 9.89. The predicted molar refractivity (Wildman–Crippen MR) is 93.2 cm³/mol. The lowest BCUT2D eigenvalue weighted by Crippen LogP contribution is -2.53. The summed E-state index contributed by atoms with van der Waals surface area (Å²) >= 11 is 0. The maximum absolute atomic E-state index is 12.7.